The van der Waals surface area contributed by atoms with Gasteiger partial charge in [0.2, 0.25) is 0 Å². The second-order valence-electron chi connectivity index (χ2n) is 4.43. The molecular formula is C10H18O5. The van der Waals surface area contributed by atoms with Crippen molar-refractivity contribution in [1.29, 1.82) is 0 Å². The fourth-order valence-electron chi connectivity index (χ4n) is 2.26. The van der Waals surface area contributed by atoms with Crippen molar-refractivity contribution in [2.75, 3.05) is 0 Å². The van der Waals surface area contributed by atoms with Crippen molar-refractivity contribution in [2.45, 2.75) is 50.1 Å². The Morgan fingerprint density at radius 2 is 2.07 bits per heavy atom. The molecule has 5 nitrogen and oxygen atoms in total. The van der Waals surface area contributed by atoms with E-state index in [4.69, 9.17) is 0 Å². The molecule has 1 rings (SSSR count). The molecule has 1 fully saturated rings. The van der Waals surface area contributed by atoms with E-state index in [0.717, 1.165) is 0 Å². The summed E-state index contributed by atoms with van der Waals surface area (Å²) in [5.74, 6) is -0.333. The van der Waals surface area contributed by atoms with Gasteiger partial charge in [0, 0.05) is 12.8 Å². The van der Waals surface area contributed by atoms with Gasteiger partial charge in [-0.2, -0.15) is 0 Å². The number of rotatable bonds is 4. The normalized spacial score (nSPS) is 40.1. The zero-order valence-corrected chi connectivity index (χ0v) is 8.71. The van der Waals surface area contributed by atoms with Crippen molar-refractivity contribution in [3.05, 3.63) is 0 Å². The molecule has 0 heterocycles. The number of hydrogen-bond donors (Lipinski definition) is 4. The largest absolute Gasteiger partial charge is 0.393 e. The van der Waals surface area contributed by atoms with Crippen LogP contribution in [0.5, 0.6) is 0 Å². The first kappa shape index (κ1) is 12.6. The molecule has 0 spiro atoms. The molecule has 0 saturated heterocycles. The van der Waals surface area contributed by atoms with Gasteiger partial charge in [-0.05, 0) is 19.3 Å². The molecule has 5 heteroatoms. The Labute approximate surface area is 88.4 Å². The maximum absolute atomic E-state index is 10.3. The highest BCUT2D eigenvalue weighted by molar-refractivity contribution is 5.50. The van der Waals surface area contributed by atoms with E-state index in [0.29, 0.717) is 6.29 Å². The highest BCUT2D eigenvalue weighted by Crippen LogP contribution is 2.39. The predicted molar refractivity (Wildman–Crippen MR) is 52.0 cm³/mol. The monoisotopic (exact) mass is 218 g/mol. The Hall–Kier alpha value is -0.490. The summed E-state index contributed by atoms with van der Waals surface area (Å²) in [5.41, 5.74) is -1.48. The van der Waals surface area contributed by atoms with Crippen LogP contribution in [0.4, 0.5) is 0 Å². The van der Waals surface area contributed by atoms with Crippen LogP contribution < -0.4 is 0 Å². The Morgan fingerprint density at radius 3 is 2.53 bits per heavy atom. The number of carbonyl (C=O) groups is 1. The third kappa shape index (κ3) is 2.55. The maximum atomic E-state index is 10.3. The van der Waals surface area contributed by atoms with Gasteiger partial charge in [-0.25, -0.2) is 0 Å². The van der Waals surface area contributed by atoms with Crippen molar-refractivity contribution in [2.24, 2.45) is 5.92 Å². The summed E-state index contributed by atoms with van der Waals surface area (Å²) in [5, 5.41) is 38.4. The van der Waals surface area contributed by atoms with Gasteiger partial charge in [-0.1, -0.05) is 0 Å². The molecule has 88 valence electrons. The van der Waals surface area contributed by atoms with Crippen LogP contribution in [0.15, 0.2) is 0 Å². The van der Waals surface area contributed by atoms with E-state index in [2.05, 4.69) is 0 Å². The molecule has 1 saturated carbocycles. The summed E-state index contributed by atoms with van der Waals surface area (Å²) in [7, 11) is 0. The molecule has 15 heavy (non-hydrogen) atoms. The van der Waals surface area contributed by atoms with E-state index >= 15 is 0 Å². The first-order chi connectivity index (χ1) is 6.90. The van der Waals surface area contributed by atoms with Crippen LogP contribution in [-0.4, -0.2) is 50.6 Å². The molecule has 0 aromatic carbocycles. The Kier molecular flexibility index (Phi) is 3.83. The zero-order chi connectivity index (χ0) is 11.6. The maximum Gasteiger partial charge on any atom is 0.120 e. The zero-order valence-electron chi connectivity index (χ0n) is 8.71. The first-order valence-electron chi connectivity index (χ1n) is 5.11. The Balaban J connectivity index is 2.69. The van der Waals surface area contributed by atoms with E-state index in [1.165, 1.54) is 6.92 Å². The van der Waals surface area contributed by atoms with Gasteiger partial charge in [-0.3, -0.25) is 0 Å². The summed E-state index contributed by atoms with van der Waals surface area (Å²) in [6, 6.07) is 0. The number of hydrogen-bond acceptors (Lipinski definition) is 5. The quantitative estimate of drug-likeness (QED) is 0.445. The van der Waals surface area contributed by atoms with Crippen LogP contribution in [0.25, 0.3) is 0 Å². The SMILES string of the molecule is CC(O)C(O)C1(O)CC(O)C(CC=O)C1. The van der Waals surface area contributed by atoms with Gasteiger partial charge in [0.05, 0.1) is 17.8 Å². The minimum Gasteiger partial charge on any atom is -0.393 e. The number of aliphatic hydroxyl groups excluding tert-OH is 3. The fourth-order valence-corrected chi connectivity index (χ4v) is 2.26. The lowest BCUT2D eigenvalue weighted by Crippen LogP contribution is -2.46. The second-order valence-corrected chi connectivity index (χ2v) is 4.43. The fraction of sp³-hybridized carbons (Fsp3) is 0.900. The van der Waals surface area contributed by atoms with Gasteiger partial charge in [0.25, 0.3) is 0 Å². The summed E-state index contributed by atoms with van der Waals surface area (Å²) in [4.78, 5) is 10.3. The third-order valence-corrected chi connectivity index (χ3v) is 3.13. The molecule has 0 radical (unpaired) electrons. The van der Waals surface area contributed by atoms with E-state index < -0.39 is 23.9 Å². The van der Waals surface area contributed by atoms with E-state index in [-0.39, 0.29) is 25.2 Å². The van der Waals surface area contributed by atoms with Crippen LogP contribution in [0.1, 0.15) is 26.2 Å². The summed E-state index contributed by atoms with van der Waals surface area (Å²) in [6.07, 6.45) is -2.16. The summed E-state index contributed by atoms with van der Waals surface area (Å²) >= 11 is 0. The lowest BCUT2D eigenvalue weighted by atomic mass is 9.90. The number of aliphatic hydroxyl groups is 4. The molecule has 0 aromatic heterocycles. The van der Waals surface area contributed by atoms with Crippen LogP contribution >= 0.6 is 0 Å². The Bertz CT molecular complexity index is 230. The first-order valence-corrected chi connectivity index (χ1v) is 5.11. The standard InChI is InChI=1S/C10H18O5/c1-6(12)9(14)10(15)4-7(2-3-11)8(13)5-10/h3,6-9,12-15H,2,4-5H2,1H3. The minimum atomic E-state index is -1.48. The van der Waals surface area contributed by atoms with Gasteiger partial charge in [-0.15, -0.1) is 0 Å². The second kappa shape index (κ2) is 4.57. The van der Waals surface area contributed by atoms with Crippen LogP contribution in [0, 0.1) is 5.92 Å². The van der Waals surface area contributed by atoms with Crippen molar-refractivity contribution >= 4 is 6.29 Å². The van der Waals surface area contributed by atoms with Gasteiger partial charge in [0.15, 0.2) is 0 Å². The molecule has 0 amide bonds. The van der Waals surface area contributed by atoms with Crippen molar-refractivity contribution < 1.29 is 25.2 Å². The number of aldehydes is 1. The lowest BCUT2D eigenvalue weighted by molar-refractivity contribution is -0.121. The summed E-state index contributed by atoms with van der Waals surface area (Å²) < 4.78 is 0. The lowest BCUT2D eigenvalue weighted by Gasteiger charge is -2.30. The molecule has 0 bridgehead atoms. The highest BCUT2D eigenvalue weighted by atomic mass is 16.4. The molecular weight excluding hydrogens is 200 g/mol. The Morgan fingerprint density at radius 1 is 1.47 bits per heavy atom. The average Bonchev–Trinajstić information content (AvgIpc) is 2.42. The number of carbonyl (C=O) groups excluding carboxylic acids is 1. The van der Waals surface area contributed by atoms with E-state index in [1.807, 2.05) is 0 Å². The van der Waals surface area contributed by atoms with Crippen molar-refractivity contribution in [3.63, 3.8) is 0 Å². The van der Waals surface area contributed by atoms with Crippen LogP contribution in [0.2, 0.25) is 0 Å². The molecule has 0 aromatic rings. The van der Waals surface area contributed by atoms with Crippen LogP contribution in [0.3, 0.4) is 0 Å². The van der Waals surface area contributed by atoms with Gasteiger partial charge < -0.3 is 25.2 Å². The smallest absolute Gasteiger partial charge is 0.120 e. The highest BCUT2D eigenvalue weighted by Gasteiger charge is 2.48. The molecule has 5 unspecified atom stereocenters. The molecule has 1 aliphatic rings. The van der Waals surface area contributed by atoms with Gasteiger partial charge >= 0.3 is 0 Å². The van der Waals surface area contributed by atoms with Crippen molar-refractivity contribution in [1.82, 2.24) is 0 Å². The van der Waals surface area contributed by atoms with E-state index in [1.54, 1.807) is 0 Å². The molecule has 5 atom stereocenters. The summed E-state index contributed by atoms with van der Waals surface area (Å²) in [6.45, 7) is 1.38. The minimum absolute atomic E-state index is 0.00241. The van der Waals surface area contributed by atoms with E-state index in [9.17, 15) is 25.2 Å². The third-order valence-electron chi connectivity index (χ3n) is 3.13. The molecule has 1 aliphatic carbocycles. The molecule has 0 aliphatic heterocycles. The van der Waals surface area contributed by atoms with Crippen molar-refractivity contribution in [3.8, 4) is 0 Å². The van der Waals surface area contributed by atoms with Gasteiger partial charge in [0.1, 0.15) is 12.4 Å². The van der Waals surface area contributed by atoms with Crippen LogP contribution in [-0.2, 0) is 4.79 Å². The topological polar surface area (TPSA) is 98.0 Å². The molecule has 4 N–H and O–H groups in total. The average molecular weight is 218 g/mol. The predicted octanol–water partition coefficient (Wildman–Crippen LogP) is -1.18.